The Morgan fingerprint density at radius 3 is 2.54 bits per heavy atom. The molecular formula is C21H21N3O4. The molecule has 1 fully saturated rings. The first-order chi connectivity index (χ1) is 13.5. The first kappa shape index (κ1) is 18.0. The van der Waals surface area contributed by atoms with Crippen LogP contribution in [0.25, 0.3) is 0 Å². The maximum atomic E-state index is 13.3. The molecule has 1 spiro atoms. The first-order valence-electron chi connectivity index (χ1n) is 9.09. The molecule has 2 aliphatic heterocycles. The Balaban J connectivity index is 1.63. The van der Waals surface area contributed by atoms with Crippen LogP contribution in [0.4, 0.5) is 5.69 Å². The zero-order valence-electron chi connectivity index (χ0n) is 15.6. The van der Waals surface area contributed by atoms with Crippen LogP contribution in [0.2, 0.25) is 0 Å². The van der Waals surface area contributed by atoms with E-state index in [2.05, 4.69) is 0 Å². The molecule has 28 heavy (non-hydrogen) atoms. The quantitative estimate of drug-likeness (QED) is 0.867. The average Bonchev–Trinajstić information content (AvgIpc) is 3.25. The summed E-state index contributed by atoms with van der Waals surface area (Å²) in [5, 5.41) is 0. The van der Waals surface area contributed by atoms with E-state index in [1.165, 1.54) is 4.90 Å². The Kier molecular flexibility index (Phi) is 4.30. The van der Waals surface area contributed by atoms with Gasteiger partial charge in [-0.05, 0) is 42.3 Å². The molecule has 144 valence electrons. The molecule has 2 N–H and O–H groups in total. The summed E-state index contributed by atoms with van der Waals surface area (Å²) >= 11 is 0. The number of carbonyl (C=O) groups excluding carboxylic acids is 3. The van der Waals surface area contributed by atoms with Gasteiger partial charge < -0.3 is 20.3 Å². The summed E-state index contributed by atoms with van der Waals surface area (Å²) < 4.78 is 5.13. The fourth-order valence-electron chi connectivity index (χ4n) is 4.20. The molecule has 0 bridgehead atoms. The number of rotatable bonds is 4. The highest BCUT2D eigenvalue weighted by molar-refractivity contribution is 6.11. The van der Waals surface area contributed by atoms with Gasteiger partial charge in [0.05, 0.1) is 12.5 Å². The predicted octanol–water partition coefficient (Wildman–Crippen LogP) is 1.31. The molecule has 7 nitrogen and oxygen atoms in total. The number of para-hydroxylation sites is 1. The Morgan fingerprint density at radius 1 is 1.14 bits per heavy atom. The van der Waals surface area contributed by atoms with Crippen molar-refractivity contribution in [2.75, 3.05) is 31.6 Å². The van der Waals surface area contributed by atoms with E-state index in [4.69, 9.17) is 10.5 Å². The summed E-state index contributed by atoms with van der Waals surface area (Å²) in [7, 11) is 1.57. The van der Waals surface area contributed by atoms with Crippen LogP contribution < -0.4 is 15.4 Å². The SMILES string of the molecule is COc1ccc(C(=O)N2CC[C@@]3(C2)C(=O)N(CC(N)=O)c2ccccc23)cc1. The van der Waals surface area contributed by atoms with Gasteiger partial charge in [-0.15, -0.1) is 0 Å². The molecule has 0 saturated carbocycles. The summed E-state index contributed by atoms with van der Waals surface area (Å²) in [6, 6.07) is 14.3. The van der Waals surface area contributed by atoms with E-state index in [1.54, 1.807) is 36.3 Å². The van der Waals surface area contributed by atoms with Gasteiger partial charge in [0.1, 0.15) is 12.3 Å². The zero-order valence-corrected chi connectivity index (χ0v) is 15.6. The van der Waals surface area contributed by atoms with E-state index in [1.807, 2.05) is 24.3 Å². The summed E-state index contributed by atoms with van der Waals surface area (Å²) in [5.74, 6) is -0.184. The van der Waals surface area contributed by atoms with Crippen LogP contribution in [-0.2, 0) is 15.0 Å². The summed E-state index contributed by atoms with van der Waals surface area (Å²) in [6.45, 7) is 0.586. The van der Waals surface area contributed by atoms with Crippen LogP contribution in [0.3, 0.4) is 0 Å². The van der Waals surface area contributed by atoms with E-state index in [0.717, 1.165) is 5.56 Å². The minimum absolute atomic E-state index is 0.127. The molecule has 1 atom stereocenters. The number of methoxy groups -OCH3 is 1. The van der Waals surface area contributed by atoms with Crippen LogP contribution in [0.1, 0.15) is 22.3 Å². The molecule has 2 aliphatic rings. The number of fused-ring (bicyclic) bond motifs is 2. The van der Waals surface area contributed by atoms with Crippen molar-refractivity contribution >= 4 is 23.4 Å². The van der Waals surface area contributed by atoms with E-state index < -0.39 is 11.3 Å². The minimum atomic E-state index is -0.825. The molecule has 4 rings (SSSR count). The standard InChI is InChI=1S/C21H21N3O4/c1-28-15-8-6-14(7-9-15)19(26)23-11-10-21(13-23)16-4-2-3-5-17(16)24(20(21)27)12-18(22)25/h2-9H,10-13H2,1H3,(H2,22,25)/t21-/m0/s1. The molecule has 2 aromatic rings. The van der Waals surface area contributed by atoms with Gasteiger partial charge in [-0.25, -0.2) is 0 Å². The van der Waals surface area contributed by atoms with Crippen LogP contribution in [0, 0.1) is 0 Å². The number of hydrogen-bond donors (Lipinski definition) is 1. The Hall–Kier alpha value is -3.35. The molecule has 2 heterocycles. The van der Waals surface area contributed by atoms with Crippen molar-refractivity contribution in [3.8, 4) is 5.75 Å². The van der Waals surface area contributed by atoms with Crippen molar-refractivity contribution < 1.29 is 19.1 Å². The molecule has 0 aliphatic carbocycles. The van der Waals surface area contributed by atoms with Crippen molar-refractivity contribution in [2.24, 2.45) is 5.73 Å². The van der Waals surface area contributed by atoms with Crippen molar-refractivity contribution in [2.45, 2.75) is 11.8 Å². The number of benzene rings is 2. The van der Waals surface area contributed by atoms with Gasteiger partial charge in [0, 0.05) is 24.3 Å². The second-order valence-corrected chi connectivity index (χ2v) is 7.16. The Bertz CT molecular complexity index is 956. The lowest BCUT2D eigenvalue weighted by molar-refractivity contribution is -0.125. The van der Waals surface area contributed by atoms with Gasteiger partial charge in [-0.1, -0.05) is 18.2 Å². The highest BCUT2D eigenvalue weighted by atomic mass is 16.5. The van der Waals surface area contributed by atoms with E-state index >= 15 is 0 Å². The van der Waals surface area contributed by atoms with Crippen LogP contribution in [-0.4, -0.2) is 49.4 Å². The smallest absolute Gasteiger partial charge is 0.253 e. The third-order valence-corrected chi connectivity index (χ3v) is 5.57. The summed E-state index contributed by atoms with van der Waals surface area (Å²) in [4.78, 5) is 40.8. The van der Waals surface area contributed by atoms with Crippen LogP contribution in [0.15, 0.2) is 48.5 Å². The topological polar surface area (TPSA) is 92.9 Å². The van der Waals surface area contributed by atoms with Gasteiger partial charge in [0.15, 0.2) is 0 Å². The monoisotopic (exact) mass is 379 g/mol. The highest BCUT2D eigenvalue weighted by Crippen LogP contribution is 2.47. The number of likely N-dealkylation sites (tertiary alicyclic amines) is 1. The van der Waals surface area contributed by atoms with E-state index in [0.29, 0.717) is 30.0 Å². The number of nitrogens with zero attached hydrogens (tertiary/aromatic N) is 2. The van der Waals surface area contributed by atoms with Crippen molar-refractivity contribution in [3.05, 3.63) is 59.7 Å². The van der Waals surface area contributed by atoms with Gasteiger partial charge in [0.2, 0.25) is 11.8 Å². The lowest BCUT2D eigenvalue weighted by Crippen LogP contribution is -2.45. The second-order valence-electron chi connectivity index (χ2n) is 7.16. The fourth-order valence-corrected chi connectivity index (χ4v) is 4.20. The first-order valence-corrected chi connectivity index (χ1v) is 9.09. The normalized spacial score (nSPS) is 20.5. The molecule has 7 heteroatoms. The minimum Gasteiger partial charge on any atom is -0.497 e. The molecule has 1 saturated heterocycles. The third kappa shape index (κ3) is 2.70. The molecule has 0 radical (unpaired) electrons. The Labute approximate surface area is 162 Å². The fraction of sp³-hybridized carbons (Fsp3) is 0.286. The molecular weight excluding hydrogens is 358 g/mol. The largest absolute Gasteiger partial charge is 0.497 e. The second kappa shape index (κ2) is 6.67. The summed E-state index contributed by atoms with van der Waals surface area (Å²) in [6.07, 6.45) is 0.514. The molecule has 0 unspecified atom stereocenters. The van der Waals surface area contributed by atoms with Crippen LogP contribution >= 0.6 is 0 Å². The number of hydrogen-bond acceptors (Lipinski definition) is 4. The molecule has 0 aromatic heterocycles. The van der Waals surface area contributed by atoms with Crippen molar-refractivity contribution in [3.63, 3.8) is 0 Å². The van der Waals surface area contributed by atoms with Gasteiger partial charge in [-0.2, -0.15) is 0 Å². The third-order valence-electron chi connectivity index (χ3n) is 5.57. The Morgan fingerprint density at radius 2 is 1.86 bits per heavy atom. The zero-order chi connectivity index (χ0) is 19.9. The van der Waals surface area contributed by atoms with Gasteiger partial charge in [0.25, 0.3) is 5.91 Å². The lowest BCUT2D eigenvalue weighted by Gasteiger charge is -2.24. The van der Waals surface area contributed by atoms with Crippen LogP contribution in [0.5, 0.6) is 5.75 Å². The number of carbonyl (C=O) groups is 3. The van der Waals surface area contributed by atoms with E-state index in [9.17, 15) is 14.4 Å². The van der Waals surface area contributed by atoms with Crippen molar-refractivity contribution in [1.29, 1.82) is 0 Å². The maximum absolute atomic E-state index is 13.3. The number of amides is 3. The maximum Gasteiger partial charge on any atom is 0.253 e. The number of primary amides is 1. The highest BCUT2D eigenvalue weighted by Gasteiger charge is 2.55. The van der Waals surface area contributed by atoms with Gasteiger partial charge in [-0.3, -0.25) is 14.4 Å². The number of ether oxygens (including phenoxy) is 1. The van der Waals surface area contributed by atoms with Crippen molar-refractivity contribution in [1.82, 2.24) is 4.90 Å². The lowest BCUT2D eigenvalue weighted by atomic mass is 9.81. The van der Waals surface area contributed by atoms with E-state index in [-0.39, 0.29) is 24.9 Å². The number of nitrogens with two attached hydrogens (primary N) is 1. The predicted molar refractivity (Wildman–Crippen MR) is 103 cm³/mol. The number of anilines is 1. The van der Waals surface area contributed by atoms with Gasteiger partial charge >= 0.3 is 0 Å². The molecule has 2 aromatic carbocycles. The average molecular weight is 379 g/mol. The summed E-state index contributed by atoms with van der Waals surface area (Å²) in [5.41, 5.74) is 6.62. The molecule has 3 amide bonds.